The summed E-state index contributed by atoms with van der Waals surface area (Å²) in [7, 11) is 1.22. The number of aromatic carboxylic acids is 1. The zero-order valence-electron chi connectivity index (χ0n) is 7.50. The van der Waals surface area contributed by atoms with Gasteiger partial charge in [-0.05, 0) is 15.9 Å². The van der Waals surface area contributed by atoms with Crippen LogP contribution in [0.15, 0.2) is 10.5 Å². The summed E-state index contributed by atoms with van der Waals surface area (Å²) in [6.45, 7) is 0. The molecular weight excluding hydrogens is 276 g/mol. The normalized spacial score (nSPS) is 10.5. The number of carboxylic acid groups (broad SMARTS) is 1. The predicted molar refractivity (Wildman–Crippen MR) is 50.4 cm³/mol. The van der Waals surface area contributed by atoms with Gasteiger partial charge >= 0.3 is 5.97 Å². The Morgan fingerprint density at radius 3 is 2.67 bits per heavy atom. The van der Waals surface area contributed by atoms with Crippen molar-refractivity contribution in [3.05, 3.63) is 21.8 Å². The first-order valence-corrected chi connectivity index (χ1v) is 4.52. The van der Waals surface area contributed by atoms with E-state index in [1.165, 1.54) is 7.11 Å². The van der Waals surface area contributed by atoms with Crippen molar-refractivity contribution in [2.45, 2.75) is 6.43 Å². The molecule has 1 aromatic rings. The molecule has 0 radical (unpaired) electrons. The van der Waals surface area contributed by atoms with Gasteiger partial charge in [0.1, 0.15) is 5.69 Å². The Labute approximate surface area is 92.0 Å². The lowest BCUT2D eigenvalue weighted by atomic mass is 10.2. The number of halogens is 3. The first-order valence-electron chi connectivity index (χ1n) is 3.73. The molecule has 7 heteroatoms. The lowest BCUT2D eigenvalue weighted by molar-refractivity contribution is 0.0694. The lowest BCUT2D eigenvalue weighted by Gasteiger charge is -2.08. The number of carbonyl (C=O) groups is 1. The quantitative estimate of drug-likeness (QED) is 0.925. The highest BCUT2D eigenvalue weighted by atomic mass is 79.9. The molecule has 0 fully saturated rings. The van der Waals surface area contributed by atoms with Crippen LogP contribution in [0.1, 0.15) is 22.5 Å². The van der Waals surface area contributed by atoms with Gasteiger partial charge in [-0.25, -0.2) is 18.6 Å². The van der Waals surface area contributed by atoms with Crippen LogP contribution in [0.2, 0.25) is 0 Å². The number of pyridine rings is 1. The van der Waals surface area contributed by atoms with Gasteiger partial charge in [-0.1, -0.05) is 0 Å². The standard InChI is InChI=1S/C8H6BrF2NO3/c1-15-4-2-3(8(13)14)5(9)6(12-4)7(10)11/h2,7H,1H3,(H,13,14). The summed E-state index contributed by atoms with van der Waals surface area (Å²) in [6, 6.07) is 1.07. The number of hydrogen-bond donors (Lipinski definition) is 1. The highest BCUT2D eigenvalue weighted by molar-refractivity contribution is 9.10. The molecule has 4 nitrogen and oxygen atoms in total. The van der Waals surface area contributed by atoms with Crippen LogP contribution in [0.5, 0.6) is 5.88 Å². The van der Waals surface area contributed by atoms with Crippen LogP contribution in [-0.4, -0.2) is 23.2 Å². The maximum Gasteiger partial charge on any atom is 0.337 e. The molecule has 0 aliphatic rings. The Balaban J connectivity index is 3.40. The third-order valence-corrected chi connectivity index (χ3v) is 2.44. The van der Waals surface area contributed by atoms with Crippen LogP contribution in [0, 0.1) is 0 Å². The number of hydrogen-bond acceptors (Lipinski definition) is 3. The number of nitrogens with zero attached hydrogens (tertiary/aromatic N) is 1. The first kappa shape index (κ1) is 11.8. The van der Waals surface area contributed by atoms with E-state index < -0.39 is 18.1 Å². The minimum Gasteiger partial charge on any atom is -0.481 e. The number of rotatable bonds is 3. The van der Waals surface area contributed by atoms with E-state index in [2.05, 4.69) is 25.7 Å². The van der Waals surface area contributed by atoms with Crippen LogP contribution in [0.4, 0.5) is 8.78 Å². The van der Waals surface area contributed by atoms with E-state index >= 15 is 0 Å². The van der Waals surface area contributed by atoms with Gasteiger partial charge in [0.25, 0.3) is 6.43 Å². The Kier molecular flexibility index (Phi) is 3.57. The summed E-state index contributed by atoms with van der Waals surface area (Å²) >= 11 is 2.77. The number of aromatic nitrogens is 1. The van der Waals surface area contributed by atoms with Crippen LogP contribution in [-0.2, 0) is 0 Å². The van der Waals surface area contributed by atoms with E-state index in [-0.39, 0.29) is 15.9 Å². The first-order chi connectivity index (χ1) is 6.97. The van der Waals surface area contributed by atoms with E-state index in [1.54, 1.807) is 0 Å². The van der Waals surface area contributed by atoms with Gasteiger partial charge in [-0.15, -0.1) is 0 Å². The fourth-order valence-electron chi connectivity index (χ4n) is 0.930. The molecule has 0 bridgehead atoms. The third kappa shape index (κ3) is 2.41. The second-order valence-electron chi connectivity index (χ2n) is 2.52. The van der Waals surface area contributed by atoms with Crippen molar-refractivity contribution in [3.63, 3.8) is 0 Å². The molecule has 0 unspecified atom stereocenters. The lowest BCUT2D eigenvalue weighted by Crippen LogP contribution is -2.04. The number of alkyl halides is 2. The fraction of sp³-hybridized carbons (Fsp3) is 0.250. The van der Waals surface area contributed by atoms with Crippen LogP contribution in [0.25, 0.3) is 0 Å². The maximum atomic E-state index is 12.4. The van der Waals surface area contributed by atoms with Crippen molar-refractivity contribution in [1.82, 2.24) is 4.98 Å². The molecule has 0 aromatic carbocycles. The highest BCUT2D eigenvalue weighted by Gasteiger charge is 2.21. The average molecular weight is 282 g/mol. The molecule has 82 valence electrons. The molecule has 1 rings (SSSR count). The van der Waals surface area contributed by atoms with Gasteiger partial charge in [0.2, 0.25) is 5.88 Å². The summed E-state index contributed by atoms with van der Waals surface area (Å²) in [5.74, 6) is -1.49. The molecular formula is C8H6BrF2NO3. The van der Waals surface area contributed by atoms with Crippen molar-refractivity contribution >= 4 is 21.9 Å². The SMILES string of the molecule is COc1cc(C(=O)O)c(Br)c(C(F)F)n1. The molecule has 0 saturated carbocycles. The summed E-state index contributed by atoms with van der Waals surface area (Å²) in [5, 5.41) is 8.73. The Morgan fingerprint density at radius 2 is 2.27 bits per heavy atom. The summed E-state index contributed by atoms with van der Waals surface area (Å²) in [4.78, 5) is 14.2. The summed E-state index contributed by atoms with van der Waals surface area (Å²) in [5.41, 5.74) is -0.955. The van der Waals surface area contributed by atoms with Crippen molar-refractivity contribution < 1.29 is 23.4 Å². The summed E-state index contributed by atoms with van der Waals surface area (Å²) in [6.07, 6.45) is -2.87. The van der Waals surface area contributed by atoms with E-state index in [0.29, 0.717) is 0 Å². The largest absolute Gasteiger partial charge is 0.481 e. The Morgan fingerprint density at radius 1 is 1.67 bits per heavy atom. The minimum atomic E-state index is -2.87. The molecule has 0 aliphatic carbocycles. The topological polar surface area (TPSA) is 59.4 Å². The van der Waals surface area contributed by atoms with Gasteiger partial charge in [0.15, 0.2) is 0 Å². The van der Waals surface area contributed by atoms with E-state index in [1.807, 2.05) is 0 Å². The minimum absolute atomic E-state index is 0.161. The molecule has 0 atom stereocenters. The molecule has 0 amide bonds. The van der Waals surface area contributed by atoms with Crippen molar-refractivity contribution in [2.24, 2.45) is 0 Å². The van der Waals surface area contributed by atoms with Crippen molar-refractivity contribution in [3.8, 4) is 5.88 Å². The average Bonchev–Trinajstić information content (AvgIpc) is 2.17. The van der Waals surface area contributed by atoms with Crippen molar-refractivity contribution in [1.29, 1.82) is 0 Å². The number of ether oxygens (including phenoxy) is 1. The zero-order valence-corrected chi connectivity index (χ0v) is 9.09. The van der Waals surface area contributed by atoms with Crippen LogP contribution < -0.4 is 4.74 Å². The second kappa shape index (κ2) is 4.52. The smallest absolute Gasteiger partial charge is 0.337 e. The molecule has 0 saturated heterocycles. The second-order valence-corrected chi connectivity index (χ2v) is 3.31. The van der Waals surface area contributed by atoms with Gasteiger partial charge in [0, 0.05) is 6.07 Å². The molecule has 1 N–H and O–H groups in total. The summed E-state index contributed by atoms with van der Waals surface area (Å²) < 4.78 is 29.3. The molecule has 1 heterocycles. The molecule has 0 spiro atoms. The van der Waals surface area contributed by atoms with Gasteiger partial charge < -0.3 is 9.84 Å². The number of carboxylic acids is 1. The van der Waals surface area contributed by atoms with Gasteiger partial charge in [-0.3, -0.25) is 0 Å². The van der Waals surface area contributed by atoms with Crippen LogP contribution >= 0.6 is 15.9 Å². The third-order valence-electron chi connectivity index (χ3n) is 1.61. The van der Waals surface area contributed by atoms with Gasteiger partial charge in [0.05, 0.1) is 17.1 Å². The monoisotopic (exact) mass is 281 g/mol. The predicted octanol–water partition coefficient (Wildman–Crippen LogP) is 2.49. The Bertz CT molecular complexity index is 398. The molecule has 0 aliphatic heterocycles. The fourth-order valence-corrected chi connectivity index (χ4v) is 1.48. The maximum absolute atomic E-state index is 12.4. The van der Waals surface area contributed by atoms with Gasteiger partial charge in [-0.2, -0.15) is 0 Å². The molecule has 15 heavy (non-hydrogen) atoms. The zero-order chi connectivity index (χ0) is 11.6. The number of methoxy groups -OCH3 is 1. The van der Waals surface area contributed by atoms with Crippen LogP contribution in [0.3, 0.4) is 0 Å². The van der Waals surface area contributed by atoms with Crippen molar-refractivity contribution in [2.75, 3.05) is 7.11 Å². The molecule has 1 aromatic heterocycles. The van der Waals surface area contributed by atoms with E-state index in [9.17, 15) is 13.6 Å². The van der Waals surface area contributed by atoms with E-state index in [4.69, 9.17) is 5.11 Å². The highest BCUT2D eigenvalue weighted by Crippen LogP contribution is 2.31. The van der Waals surface area contributed by atoms with E-state index in [0.717, 1.165) is 6.07 Å². The Hall–Kier alpha value is -1.24.